The highest BCUT2D eigenvalue weighted by Gasteiger charge is 2.00. The third-order valence-electron chi connectivity index (χ3n) is 4.11. The molecule has 0 unspecified atom stereocenters. The van der Waals surface area contributed by atoms with Crippen LogP contribution in [0.4, 0.5) is 0 Å². The van der Waals surface area contributed by atoms with Crippen LogP contribution in [0.1, 0.15) is 56.6 Å². The van der Waals surface area contributed by atoms with Crippen LogP contribution in [0.3, 0.4) is 0 Å². The number of rotatable bonds is 11. The van der Waals surface area contributed by atoms with Crippen molar-refractivity contribution in [3.63, 3.8) is 0 Å². The van der Waals surface area contributed by atoms with Crippen molar-refractivity contribution < 1.29 is 9.53 Å². The van der Waals surface area contributed by atoms with E-state index in [0.29, 0.717) is 13.0 Å². The number of benzene rings is 2. The highest BCUT2D eigenvalue weighted by molar-refractivity contribution is 9.10. The summed E-state index contributed by atoms with van der Waals surface area (Å²) in [6.07, 6.45) is 7.85. The molecule has 4 nitrogen and oxygen atoms in total. The molecule has 0 aromatic heterocycles. The summed E-state index contributed by atoms with van der Waals surface area (Å²) in [4.78, 5) is 11.7. The monoisotopic (exact) mass is 430 g/mol. The third kappa shape index (κ3) is 8.87. The molecule has 1 amide bonds. The van der Waals surface area contributed by atoms with Crippen LogP contribution in [0, 0.1) is 0 Å². The van der Waals surface area contributed by atoms with Gasteiger partial charge in [0.1, 0.15) is 12.4 Å². The fourth-order valence-electron chi connectivity index (χ4n) is 2.52. The van der Waals surface area contributed by atoms with Gasteiger partial charge >= 0.3 is 0 Å². The van der Waals surface area contributed by atoms with E-state index in [9.17, 15) is 4.79 Å². The summed E-state index contributed by atoms with van der Waals surface area (Å²) in [6, 6.07) is 15.7. The molecular weight excluding hydrogens is 404 g/mol. The smallest absolute Gasteiger partial charge is 0.240 e. The highest BCUT2D eigenvalue weighted by atomic mass is 79.9. The molecule has 0 aliphatic carbocycles. The van der Waals surface area contributed by atoms with E-state index in [0.717, 1.165) is 34.2 Å². The molecule has 27 heavy (non-hydrogen) atoms. The number of unbranched alkanes of at least 4 members (excludes halogenated alkanes) is 4. The molecule has 0 saturated heterocycles. The van der Waals surface area contributed by atoms with Crippen LogP contribution >= 0.6 is 15.9 Å². The first-order valence-corrected chi connectivity index (χ1v) is 10.3. The molecule has 0 aliphatic heterocycles. The average Bonchev–Trinajstić information content (AvgIpc) is 2.68. The lowest BCUT2D eigenvalue weighted by atomic mass is 10.1. The van der Waals surface area contributed by atoms with E-state index in [-0.39, 0.29) is 5.91 Å². The topological polar surface area (TPSA) is 50.7 Å². The van der Waals surface area contributed by atoms with Gasteiger partial charge in [-0.15, -0.1) is 0 Å². The van der Waals surface area contributed by atoms with Gasteiger partial charge in [-0.3, -0.25) is 4.79 Å². The Hall–Kier alpha value is -2.14. The fraction of sp³-hybridized carbons (Fsp3) is 0.364. The molecule has 2 rings (SSSR count). The number of nitrogens with one attached hydrogen (secondary N) is 1. The first-order chi connectivity index (χ1) is 13.2. The minimum atomic E-state index is -0.0304. The molecule has 0 radical (unpaired) electrons. The van der Waals surface area contributed by atoms with Crippen molar-refractivity contribution in [1.29, 1.82) is 0 Å². The summed E-state index contributed by atoms with van der Waals surface area (Å²) in [5.41, 5.74) is 4.61. The number of hydrogen-bond acceptors (Lipinski definition) is 3. The summed E-state index contributed by atoms with van der Waals surface area (Å²) in [6.45, 7) is 2.71. The maximum atomic E-state index is 11.7. The number of hydrogen-bond donors (Lipinski definition) is 1. The zero-order valence-corrected chi connectivity index (χ0v) is 17.4. The number of carbonyl (C=O) groups is 1. The summed E-state index contributed by atoms with van der Waals surface area (Å²) < 4.78 is 6.83. The third-order valence-corrected chi connectivity index (χ3v) is 4.64. The Morgan fingerprint density at radius 1 is 1.04 bits per heavy atom. The first-order valence-electron chi connectivity index (χ1n) is 9.46. The zero-order chi connectivity index (χ0) is 19.3. The molecule has 0 heterocycles. The van der Waals surface area contributed by atoms with Gasteiger partial charge in [-0.1, -0.05) is 60.7 Å². The molecule has 0 bridgehead atoms. The summed E-state index contributed by atoms with van der Waals surface area (Å²) in [5.74, 6) is 0.767. The van der Waals surface area contributed by atoms with Gasteiger partial charge < -0.3 is 4.74 Å². The van der Waals surface area contributed by atoms with Crippen LogP contribution in [0.25, 0.3) is 0 Å². The van der Waals surface area contributed by atoms with E-state index in [1.54, 1.807) is 6.21 Å². The van der Waals surface area contributed by atoms with Crippen molar-refractivity contribution in [1.82, 2.24) is 5.43 Å². The van der Waals surface area contributed by atoms with Gasteiger partial charge in [0.15, 0.2) is 0 Å². The second-order valence-corrected chi connectivity index (χ2v) is 7.36. The van der Waals surface area contributed by atoms with E-state index >= 15 is 0 Å². The average molecular weight is 431 g/mol. The van der Waals surface area contributed by atoms with Gasteiger partial charge in [0.25, 0.3) is 0 Å². The van der Waals surface area contributed by atoms with Crippen molar-refractivity contribution in [2.24, 2.45) is 5.10 Å². The molecule has 1 N–H and O–H groups in total. The Labute approximate surface area is 170 Å². The van der Waals surface area contributed by atoms with Gasteiger partial charge in [-0.2, -0.15) is 5.10 Å². The van der Waals surface area contributed by atoms with Crippen LogP contribution in [-0.4, -0.2) is 12.1 Å². The number of amides is 1. The van der Waals surface area contributed by atoms with Crippen molar-refractivity contribution in [2.45, 2.75) is 52.1 Å². The van der Waals surface area contributed by atoms with Crippen molar-refractivity contribution in [3.8, 4) is 5.75 Å². The van der Waals surface area contributed by atoms with E-state index in [1.165, 1.54) is 19.3 Å². The van der Waals surface area contributed by atoms with Crippen molar-refractivity contribution in [2.75, 3.05) is 0 Å². The number of ether oxygens (including phenoxy) is 1. The Bertz CT molecular complexity index is 712. The molecule has 0 saturated carbocycles. The molecular formula is C22H27BrN2O2. The van der Waals surface area contributed by atoms with Crippen molar-refractivity contribution in [3.05, 3.63) is 64.1 Å². The number of hydrazone groups is 1. The maximum absolute atomic E-state index is 11.7. The zero-order valence-electron chi connectivity index (χ0n) is 15.8. The normalized spacial score (nSPS) is 10.9. The minimum Gasteiger partial charge on any atom is -0.489 e. The highest BCUT2D eigenvalue weighted by Crippen LogP contribution is 2.15. The summed E-state index contributed by atoms with van der Waals surface area (Å²) in [7, 11) is 0. The fourth-order valence-corrected chi connectivity index (χ4v) is 2.79. The predicted octanol–water partition coefficient (Wildman–Crippen LogP) is 5.84. The second-order valence-electron chi connectivity index (χ2n) is 6.44. The van der Waals surface area contributed by atoms with Gasteiger partial charge in [0, 0.05) is 10.9 Å². The maximum Gasteiger partial charge on any atom is 0.240 e. The molecule has 0 fully saturated rings. The second kappa shape index (κ2) is 12.3. The summed E-state index contributed by atoms with van der Waals surface area (Å²) in [5, 5.41) is 4.02. The van der Waals surface area contributed by atoms with Crippen LogP contribution in [0.15, 0.2) is 58.1 Å². The number of carbonyl (C=O) groups excluding carboxylic acids is 1. The molecule has 0 atom stereocenters. The first kappa shape index (κ1) is 21.2. The molecule has 2 aromatic rings. The largest absolute Gasteiger partial charge is 0.489 e. The van der Waals surface area contributed by atoms with Crippen LogP contribution < -0.4 is 10.2 Å². The Morgan fingerprint density at radius 3 is 2.44 bits per heavy atom. The van der Waals surface area contributed by atoms with Gasteiger partial charge in [0.2, 0.25) is 5.91 Å². The van der Waals surface area contributed by atoms with Crippen LogP contribution in [-0.2, 0) is 11.4 Å². The van der Waals surface area contributed by atoms with Gasteiger partial charge in [0.05, 0.1) is 6.21 Å². The van der Waals surface area contributed by atoms with Crippen molar-refractivity contribution >= 4 is 28.1 Å². The van der Waals surface area contributed by atoms with E-state index in [1.807, 2.05) is 48.5 Å². The Kier molecular flexibility index (Phi) is 9.63. The number of halogens is 1. The lowest BCUT2D eigenvalue weighted by molar-refractivity contribution is -0.121. The Morgan fingerprint density at radius 2 is 1.74 bits per heavy atom. The standard InChI is InChI=1S/C22H27BrN2O2/c1-2-3-4-5-6-7-22(26)25-24-16-18-10-14-21(15-11-18)27-17-19-8-12-20(23)13-9-19/h8-16H,2-7,17H2,1H3,(H,25,26)/b24-16+. The molecule has 0 spiro atoms. The lowest BCUT2D eigenvalue weighted by Crippen LogP contribution is -2.16. The molecule has 0 aliphatic rings. The van der Waals surface area contributed by atoms with Gasteiger partial charge in [-0.05, 0) is 53.9 Å². The molecule has 144 valence electrons. The van der Waals surface area contributed by atoms with E-state index in [4.69, 9.17) is 4.74 Å². The van der Waals surface area contributed by atoms with E-state index in [2.05, 4.69) is 33.4 Å². The van der Waals surface area contributed by atoms with Crippen LogP contribution in [0.2, 0.25) is 0 Å². The quantitative estimate of drug-likeness (QED) is 0.276. The molecule has 5 heteroatoms. The lowest BCUT2D eigenvalue weighted by Gasteiger charge is -2.06. The van der Waals surface area contributed by atoms with Gasteiger partial charge in [-0.25, -0.2) is 5.43 Å². The van der Waals surface area contributed by atoms with E-state index < -0.39 is 0 Å². The SMILES string of the molecule is CCCCCCCC(=O)N/N=C/c1ccc(OCc2ccc(Br)cc2)cc1. The predicted molar refractivity (Wildman–Crippen MR) is 114 cm³/mol. The summed E-state index contributed by atoms with van der Waals surface area (Å²) >= 11 is 3.42. The number of nitrogens with zero attached hydrogens (tertiary/aromatic N) is 1. The van der Waals surface area contributed by atoms with Crippen LogP contribution in [0.5, 0.6) is 5.75 Å². The minimum absolute atomic E-state index is 0.0304. The Balaban J connectivity index is 1.69. The molecule has 2 aromatic carbocycles.